The molecule has 1 aliphatic rings. The van der Waals surface area contributed by atoms with E-state index in [0.29, 0.717) is 23.3 Å². The SMILES string of the molecule is CCN1CCC[C@@H]1CNCc1cc(OC)c(OC)c(OC)c1. The molecule has 0 aromatic heterocycles. The second-order valence-electron chi connectivity index (χ2n) is 5.59. The third-order valence-electron chi connectivity index (χ3n) is 4.34. The molecule has 0 saturated carbocycles. The van der Waals surface area contributed by atoms with Crippen molar-refractivity contribution >= 4 is 0 Å². The number of likely N-dealkylation sites (tertiary alicyclic amines) is 1. The number of benzene rings is 1. The average Bonchev–Trinajstić information content (AvgIpc) is 3.01. The topological polar surface area (TPSA) is 43.0 Å². The minimum Gasteiger partial charge on any atom is -0.493 e. The maximum atomic E-state index is 5.39. The Morgan fingerprint density at radius 1 is 1.14 bits per heavy atom. The van der Waals surface area contributed by atoms with Crippen molar-refractivity contribution in [2.45, 2.75) is 32.4 Å². The quantitative estimate of drug-likeness (QED) is 0.798. The molecule has 0 amide bonds. The molecule has 1 heterocycles. The zero-order chi connectivity index (χ0) is 15.9. The van der Waals surface area contributed by atoms with Crippen LogP contribution in [0.25, 0.3) is 0 Å². The van der Waals surface area contributed by atoms with Crippen molar-refractivity contribution in [3.63, 3.8) is 0 Å². The number of ether oxygens (including phenoxy) is 3. The lowest BCUT2D eigenvalue weighted by Crippen LogP contribution is -2.37. The zero-order valence-electron chi connectivity index (χ0n) is 14.1. The molecule has 5 nitrogen and oxygen atoms in total. The first-order chi connectivity index (χ1) is 10.7. The molecule has 0 bridgehead atoms. The Balaban J connectivity index is 1.97. The lowest BCUT2D eigenvalue weighted by Gasteiger charge is -2.23. The number of nitrogens with one attached hydrogen (secondary N) is 1. The average molecular weight is 308 g/mol. The predicted molar refractivity (Wildman–Crippen MR) is 88.1 cm³/mol. The van der Waals surface area contributed by atoms with E-state index in [2.05, 4.69) is 17.1 Å². The maximum Gasteiger partial charge on any atom is 0.203 e. The van der Waals surface area contributed by atoms with Crippen LogP contribution >= 0.6 is 0 Å². The third kappa shape index (κ3) is 3.84. The molecule has 0 aliphatic carbocycles. The summed E-state index contributed by atoms with van der Waals surface area (Å²) in [4.78, 5) is 2.54. The van der Waals surface area contributed by atoms with Crippen LogP contribution in [-0.2, 0) is 6.54 Å². The summed E-state index contributed by atoms with van der Waals surface area (Å²) >= 11 is 0. The largest absolute Gasteiger partial charge is 0.493 e. The smallest absolute Gasteiger partial charge is 0.203 e. The van der Waals surface area contributed by atoms with Gasteiger partial charge in [-0.1, -0.05) is 6.92 Å². The van der Waals surface area contributed by atoms with Gasteiger partial charge in [-0.15, -0.1) is 0 Å². The van der Waals surface area contributed by atoms with Gasteiger partial charge in [0.15, 0.2) is 11.5 Å². The van der Waals surface area contributed by atoms with E-state index in [1.807, 2.05) is 12.1 Å². The molecule has 0 spiro atoms. The van der Waals surface area contributed by atoms with Gasteiger partial charge >= 0.3 is 0 Å². The molecule has 1 fully saturated rings. The first kappa shape index (κ1) is 16.9. The molecule has 1 atom stereocenters. The normalized spacial score (nSPS) is 18.5. The highest BCUT2D eigenvalue weighted by Gasteiger charge is 2.22. The first-order valence-electron chi connectivity index (χ1n) is 7.97. The molecule has 22 heavy (non-hydrogen) atoms. The number of hydrogen-bond donors (Lipinski definition) is 1. The van der Waals surface area contributed by atoms with Gasteiger partial charge in [0.25, 0.3) is 0 Å². The van der Waals surface area contributed by atoms with Gasteiger partial charge < -0.3 is 19.5 Å². The number of likely N-dealkylation sites (N-methyl/N-ethyl adjacent to an activating group) is 1. The number of hydrogen-bond acceptors (Lipinski definition) is 5. The van der Waals surface area contributed by atoms with Crippen molar-refractivity contribution in [1.82, 2.24) is 10.2 Å². The fourth-order valence-electron chi connectivity index (χ4n) is 3.16. The van der Waals surface area contributed by atoms with Crippen LogP contribution in [0.5, 0.6) is 17.2 Å². The van der Waals surface area contributed by atoms with Gasteiger partial charge in [0.2, 0.25) is 5.75 Å². The molecule has 1 aliphatic heterocycles. The summed E-state index contributed by atoms with van der Waals surface area (Å²) in [7, 11) is 4.91. The van der Waals surface area contributed by atoms with Crippen molar-refractivity contribution in [3.05, 3.63) is 17.7 Å². The monoisotopic (exact) mass is 308 g/mol. The van der Waals surface area contributed by atoms with Gasteiger partial charge in [-0.05, 0) is 43.6 Å². The van der Waals surface area contributed by atoms with E-state index in [9.17, 15) is 0 Å². The second-order valence-corrected chi connectivity index (χ2v) is 5.59. The molecule has 1 aromatic rings. The van der Waals surface area contributed by atoms with E-state index in [4.69, 9.17) is 14.2 Å². The Morgan fingerprint density at radius 3 is 2.36 bits per heavy atom. The number of methoxy groups -OCH3 is 3. The van der Waals surface area contributed by atoms with E-state index in [1.165, 1.54) is 19.4 Å². The summed E-state index contributed by atoms with van der Waals surface area (Å²) in [6.07, 6.45) is 2.60. The zero-order valence-corrected chi connectivity index (χ0v) is 14.1. The second kappa shape index (κ2) is 8.25. The molecule has 2 rings (SSSR count). The fourth-order valence-corrected chi connectivity index (χ4v) is 3.16. The summed E-state index contributed by atoms with van der Waals surface area (Å²) in [5.74, 6) is 2.05. The summed E-state index contributed by atoms with van der Waals surface area (Å²) in [5, 5.41) is 3.55. The van der Waals surface area contributed by atoms with Crippen LogP contribution < -0.4 is 19.5 Å². The van der Waals surface area contributed by atoms with Crippen LogP contribution in [0.3, 0.4) is 0 Å². The van der Waals surface area contributed by atoms with Gasteiger partial charge in [-0.25, -0.2) is 0 Å². The van der Waals surface area contributed by atoms with Crippen LogP contribution in [0.15, 0.2) is 12.1 Å². The summed E-state index contributed by atoms with van der Waals surface area (Å²) in [6.45, 7) is 6.41. The van der Waals surface area contributed by atoms with E-state index in [-0.39, 0.29) is 0 Å². The molecule has 1 N–H and O–H groups in total. The van der Waals surface area contributed by atoms with Gasteiger partial charge in [0.1, 0.15) is 0 Å². The van der Waals surface area contributed by atoms with E-state index >= 15 is 0 Å². The standard InChI is InChI=1S/C17H28N2O3/c1-5-19-8-6-7-14(19)12-18-11-13-9-15(20-2)17(22-4)16(10-13)21-3/h9-10,14,18H,5-8,11-12H2,1-4H3/t14-/m1/s1. The number of nitrogens with zero attached hydrogens (tertiary/aromatic N) is 1. The van der Waals surface area contributed by atoms with Crippen molar-refractivity contribution in [2.24, 2.45) is 0 Å². The van der Waals surface area contributed by atoms with Gasteiger partial charge in [-0.3, -0.25) is 4.90 Å². The van der Waals surface area contributed by atoms with Crippen molar-refractivity contribution in [3.8, 4) is 17.2 Å². The van der Waals surface area contributed by atoms with Gasteiger partial charge in [-0.2, -0.15) is 0 Å². The minimum absolute atomic E-state index is 0.640. The van der Waals surface area contributed by atoms with E-state index in [1.54, 1.807) is 21.3 Å². The van der Waals surface area contributed by atoms with Crippen LogP contribution in [-0.4, -0.2) is 51.9 Å². The molecule has 5 heteroatoms. The van der Waals surface area contributed by atoms with Crippen molar-refractivity contribution in [1.29, 1.82) is 0 Å². The van der Waals surface area contributed by atoms with Gasteiger partial charge in [0.05, 0.1) is 21.3 Å². The summed E-state index contributed by atoms with van der Waals surface area (Å²) in [6, 6.07) is 4.66. The van der Waals surface area contributed by atoms with E-state index < -0.39 is 0 Å². The Morgan fingerprint density at radius 2 is 1.82 bits per heavy atom. The Hall–Kier alpha value is -1.46. The lowest BCUT2D eigenvalue weighted by atomic mass is 10.1. The Labute approximate surface area is 133 Å². The maximum absolute atomic E-state index is 5.39. The minimum atomic E-state index is 0.640. The highest BCUT2D eigenvalue weighted by molar-refractivity contribution is 5.53. The molecular formula is C17H28N2O3. The molecule has 0 unspecified atom stereocenters. The lowest BCUT2D eigenvalue weighted by molar-refractivity contribution is 0.260. The Kier molecular flexibility index (Phi) is 6.34. The van der Waals surface area contributed by atoms with E-state index in [0.717, 1.165) is 25.2 Å². The summed E-state index contributed by atoms with van der Waals surface area (Å²) in [5.41, 5.74) is 1.13. The van der Waals surface area contributed by atoms with Crippen LogP contribution in [0.4, 0.5) is 0 Å². The highest BCUT2D eigenvalue weighted by Crippen LogP contribution is 2.38. The highest BCUT2D eigenvalue weighted by atomic mass is 16.5. The molecule has 124 valence electrons. The fraction of sp³-hybridized carbons (Fsp3) is 0.647. The molecule has 1 aromatic carbocycles. The molecule has 1 saturated heterocycles. The van der Waals surface area contributed by atoms with Gasteiger partial charge in [0, 0.05) is 19.1 Å². The predicted octanol–water partition coefficient (Wildman–Crippen LogP) is 2.29. The van der Waals surface area contributed by atoms with Crippen molar-refractivity contribution < 1.29 is 14.2 Å². The summed E-state index contributed by atoms with van der Waals surface area (Å²) < 4.78 is 16.1. The Bertz CT molecular complexity index is 454. The van der Waals surface area contributed by atoms with Crippen molar-refractivity contribution in [2.75, 3.05) is 41.0 Å². The molecular weight excluding hydrogens is 280 g/mol. The molecule has 0 radical (unpaired) electrons. The third-order valence-corrected chi connectivity index (χ3v) is 4.34. The van der Waals surface area contributed by atoms with Crippen LogP contribution in [0.1, 0.15) is 25.3 Å². The first-order valence-corrected chi connectivity index (χ1v) is 7.97. The van der Waals surface area contributed by atoms with Crippen LogP contribution in [0, 0.1) is 0 Å². The number of rotatable bonds is 8. The van der Waals surface area contributed by atoms with Crippen LogP contribution in [0.2, 0.25) is 0 Å².